The Labute approximate surface area is 152 Å². The minimum absolute atomic E-state index is 0.000831. The van der Waals surface area contributed by atoms with E-state index in [0.29, 0.717) is 17.9 Å². The molecule has 2 N–H and O–H groups in total. The lowest BCUT2D eigenvalue weighted by Crippen LogP contribution is -2.28. The van der Waals surface area contributed by atoms with Gasteiger partial charge in [-0.2, -0.15) is 5.26 Å². The third-order valence-corrected chi connectivity index (χ3v) is 5.40. The maximum absolute atomic E-state index is 12.5. The lowest BCUT2D eigenvalue weighted by molar-refractivity contribution is -0.119. The van der Waals surface area contributed by atoms with Gasteiger partial charge < -0.3 is 10.3 Å². The van der Waals surface area contributed by atoms with Crippen LogP contribution in [0.15, 0.2) is 41.2 Å². The molecular formula is C21H21N3O2. The number of hydrogen-bond acceptors (Lipinski definition) is 3. The molecule has 1 aliphatic heterocycles. The van der Waals surface area contributed by atoms with Gasteiger partial charge in [0.05, 0.1) is 11.6 Å². The van der Waals surface area contributed by atoms with Crippen LogP contribution in [0.1, 0.15) is 66.3 Å². The molecule has 2 heterocycles. The first-order valence-corrected chi connectivity index (χ1v) is 9.16. The summed E-state index contributed by atoms with van der Waals surface area (Å²) in [5.41, 5.74) is 3.39. The average molecular weight is 347 g/mol. The van der Waals surface area contributed by atoms with Crippen molar-refractivity contribution in [1.82, 2.24) is 10.3 Å². The molecule has 2 fully saturated rings. The fourth-order valence-corrected chi connectivity index (χ4v) is 3.79. The fraction of sp³-hybridized carbons (Fsp3) is 0.381. The van der Waals surface area contributed by atoms with Crippen molar-refractivity contribution >= 4 is 5.91 Å². The van der Waals surface area contributed by atoms with Crippen LogP contribution in [0.5, 0.6) is 0 Å². The lowest BCUT2D eigenvalue weighted by atomic mass is 9.87. The van der Waals surface area contributed by atoms with E-state index in [1.807, 2.05) is 24.3 Å². The number of amides is 1. The molecule has 1 saturated carbocycles. The van der Waals surface area contributed by atoms with Crippen molar-refractivity contribution in [2.75, 3.05) is 0 Å². The number of nitriles is 1. The molecule has 1 aromatic carbocycles. The second-order valence-electron chi connectivity index (χ2n) is 7.30. The number of carbonyl (C=O) groups is 1. The molecule has 0 radical (unpaired) electrons. The Morgan fingerprint density at radius 3 is 2.42 bits per heavy atom. The van der Waals surface area contributed by atoms with Gasteiger partial charge in [0, 0.05) is 29.6 Å². The van der Waals surface area contributed by atoms with Crippen molar-refractivity contribution in [2.45, 2.75) is 50.0 Å². The Bertz CT molecular complexity index is 920. The van der Waals surface area contributed by atoms with Gasteiger partial charge in [-0.25, -0.2) is 0 Å². The molecule has 1 aromatic heterocycles. The maximum atomic E-state index is 12.5. The van der Waals surface area contributed by atoms with Crippen LogP contribution in [-0.2, 0) is 4.79 Å². The monoisotopic (exact) mass is 347 g/mol. The van der Waals surface area contributed by atoms with E-state index in [4.69, 9.17) is 5.26 Å². The summed E-state index contributed by atoms with van der Waals surface area (Å²) in [6.45, 7) is 0. The molecule has 5 heteroatoms. The van der Waals surface area contributed by atoms with Crippen LogP contribution in [0.25, 0.3) is 0 Å². The first kappa shape index (κ1) is 16.6. The average Bonchev–Trinajstić information content (AvgIpc) is 3.41. The molecular weight excluding hydrogens is 326 g/mol. The zero-order valence-electron chi connectivity index (χ0n) is 14.5. The van der Waals surface area contributed by atoms with E-state index in [1.165, 1.54) is 0 Å². The predicted molar refractivity (Wildman–Crippen MR) is 97.8 cm³/mol. The molecule has 1 amide bonds. The van der Waals surface area contributed by atoms with Crippen LogP contribution < -0.4 is 10.9 Å². The number of pyridine rings is 1. The van der Waals surface area contributed by atoms with Crippen molar-refractivity contribution in [1.29, 1.82) is 5.26 Å². The highest BCUT2D eigenvalue weighted by molar-refractivity contribution is 5.78. The van der Waals surface area contributed by atoms with Gasteiger partial charge in [0.1, 0.15) is 0 Å². The van der Waals surface area contributed by atoms with Crippen molar-refractivity contribution in [3.05, 3.63) is 69.1 Å². The summed E-state index contributed by atoms with van der Waals surface area (Å²) in [4.78, 5) is 27.1. The molecule has 1 aliphatic carbocycles. The van der Waals surface area contributed by atoms with E-state index in [-0.39, 0.29) is 23.4 Å². The molecule has 4 rings (SSSR count). The zero-order chi connectivity index (χ0) is 18.1. The van der Waals surface area contributed by atoms with Crippen LogP contribution in [-0.4, -0.2) is 16.9 Å². The summed E-state index contributed by atoms with van der Waals surface area (Å²) in [6.07, 6.45) is 4.29. The van der Waals surface area contributed by atoms with Gasteiger partial charge in [-0.3, -0.25) is 9.59 Å². The minimum Gasteiger partial charge on any atom is -0.353 e. The third kappa shape index (κ3) is 3.41. The third-order valence-electron chi connectivity index (χ3n) is 5.40. The molecule has 5 nitrogen and oxygen atoms in total. The number of benzene rings is 1. The van der Waals surface area contributed by atoms with E-state index in [1.54, 1.807) is 12.1 Å². The van der Waals surface area contributed by atoms with E-state index < -0.39 is 0 Å². The number of rotatable bonds is 5. The number of carbonyl (C=O) groups excluding carboxylic acids is 1. The number of aromatic nitrogens is 1. The van der Waals surface area contributed by atoms with E-state index in [2.05, 4.69) is 16.4 Å². The van der Waals surface area contributed by atoms with E-state index in [9.17, 15) is 9.59 Å². The van der Waals surface area contributed by atoms with Crippen molar-refractivity contribution < 1.29 is 4.79 Å². The first-order valence-electron chi connectivity index (χ1n) is 9.16. The van der Waals surface area contributed by atoms with Gasteiger partial charge in [-0.15, -0.1) is 0 Å². The molecule has 2 aromatic rings. The second-order valence-corrected chi connectivity index (χ2v) is 7.30. The highest BCUT2D eigenvalue weighted by atomic mass is 16.2. The van der Waals surface area contributed by atoms with E-state index >= 15 is 0 Å². The van der Waals surface area contributed by atoms with Gasteiger partial charge in [0.2, 0.25) is 5.91 Å². The largest absolute Gasteiger partial charge is 0.353 e. The second kappa shape index (κ2) is 6.80. The molecule has 1 saturated heterocycles. The predicted octanol–water partition coefficient (Wildman–Crippen LogP) is 2.92. The Morgan fingerprint density at radius 2 is 1.85 bits per heavy atom. The van der Waals surface area contributed by atoms with Crippen LogP contribution >= 0.6 is 0 Å². The quantitative estimate of drug-likeness (QED) is 0.872. The van der Waals surface area contributed by atoms with Gasteiger partial charge in [-0.05, 0) is 55.4 Å². The number of aromatic amines is 1. The smallest absolute Gasteiger partial charge is 0.251 e. The Balaban J connectivity index is 1.67. The Morgan fingerprint density at radius 1 is 1.08 bits per heavy atom. The Kier molecular flexibility index (Phi) is 4.34. The molecule has 2 unspecified atom stereocenters. The normalized spacial score (nSPS) is 20.4. The number of nitrogens with one attached hydrogen (secondary N) is 2. The summed E-state index contributed by atoms with van der Waals surface area (Å²) in [7, 11) is 0. The van der Waals surface area contributed by atoms with Crippen molar-refractivity contribution in [3.63, 3.8) is 0 Å². The van der Waals surface area contributed by atoms with Crippen LogP contribution in [0.4, 0.5) is 0 Å². The molecule has 26 heavy (non-hydrogen) atoms. The SMILES string of the molecule is N#Cc1ccc(C(CC2CCC(=O)N2)c2ccc(C3CC3)c(=O)[nH]2)cc1. The summed E-state index contributed by atoms with van der Waals surface area (Å²) < 4.78 is 0. The van der Waals surface area contributed by atoms with Crippen LogP contribution in [0.3, 0.4) is 0 Å². The maximum Gasteiger partial charge on any atom is 0.251 e. The van der Waals surface area contributed by atoms with Crippen molar-refractivity contribution in [2.24, 2.45) is 0 Å². The van der Waals surface area contributed by atoms with Gasteiger partial charge in [0.15, 0.2) is 0 Å². The van der Waals surface area contributed by atoms with E-state index in [0.717, 1.165) is 42.5 Å². The number of nitrogens with zero attached hydrogens (tertiary/aromatic N) is 1. The minimum atomic E-state index is -0.0212. The van der Waals surface area contributed by atoms with Gasteiger partial charge >= 0.3 is 0 Å². The lowest BCUT2D eigenvalue weighted by Gasteiger charge is -2.22. The highest BCUT2D eigenvalue weighted by Crippen LogP contribution is 2.38. The van der Waals surface area contributed by atoms with Crippen LogP contribution in [0, 0.1) is 11.3 Å². The summed E-state index contributed by atoms with van der Waals surface area (Å²) in [6, 6.07) is 13.7. The fourth-order valence-electron chi connectivity index (χ4n) is 3.79. The Hall–Kier alpha value is -2.87. The molecule has 132 valence electrons. The standard InChI is InChI=1S/C21H21N3O2/c22-12-13-1-3-15(4-2-13)18(11-16-7-10-20(25)23-16)19-9-8-17(14-5-6-14)21(26)24-19/h1-4,8-9,14,16,18H,5-7,10-11H2,(H,23,25)(H,24,26). The molecule has 2 atom stereocenters. The summed E-state index contributed by atoms with van der Waals surface area (Å²) in [5.74, 6) is 0.480. The highest BCUT2D eigenvalue weighted by Gasteiger charge is 2.29. The van der Waals surface area contributed by atoms with Gasteiger partial charge in [-0.1, -0.05) is 18.2 Å². The number of hydrogen-bond donors (Lipinski definition) is 2. The topological polar surface area (TPSA) is 85.8 Å². The summed E-state index contributed by atoms with van der Waals surface area (Å²) in [5, 5.41) is 12.0. The number of H-pyrrole nitrogens is 1. The first-order chi connectivity index (χ1) is 12.6. The molecule has 0 spiro atoms. The summed E-state index contributed by atoms with van der Waals surface area (Å²) >= 11 is 0. The molecule has 0 bridgehead atoms. The molecule has 2 aliphatic rings. The zero-order valence-corrected chi connectivity index (χ0v) is 14.5. The van der Waals surface area contributed by atoms with Crippen molar-refractivity contribution in [3.8, 4) is 6.07 Å². The van der Waals surface area contributed by atoms with Gasteiger partial charge in [0.25, 0.3) is 5.56 Å². The van der Waals surface area contributed by atoms with Crippen LogP contribution in [0.2, 0.25) is 0 Å².